The van der Waals surface area contributed by atoms with E-state index in [0.29, 0.717) is 0 Å². The molecule has 0 saturated carbocycles. The van der Waals surface area contributed by atoms with Crippen molar-refractivity contribution in [2.45, 2.75) is 19.8 Å². The van der Waals surface area contributed by atoms with Gasteiger partial charge >= 0.3 is 0 Å². The minimum Gasteiger partial charge on any atom is -0.0913 e. The van der Waals surface area contributed by atoms with Crippen LogP contribution < -0.4 is 0 Å². The quantitative estimate of drug-likeness (QED) is 0.491. The van der Waals surface area contributed by atoms with E-state index in [1.165, 1.54) is 5.57 Å². The van der Waals surface area contributed by atoms with E-state index in [1.807, 2.05) is 0 Å². The van der Waals surface area contributed by atoms with Gasteiger partial charge < -0.3 is 0 Å². The van der Waals surface area contributed by atoms with Crippen LogP contribution in [-0.2, 0) is 0 Å². The van der Waals surface area contributed by atoms with Gasteiger partial charge in [0.15, 0.2) is 0 Å². The fraction of sp³-hybridized carbons (Fsp3) is 0.333. The van der Waals surface area contributed by atoms with E-state index in [9.17, 15) is 0 Å². The Balaban J connectivity index is 2.30. The minimum atomic E-state index is 1.13. The van der Waals surface area contributed by atoms with Gasteiger partial charge in [-0.05, 0) is 19.8 Å². The molecule has 0 aromatic rings. The molecule has 0 atom stereocenters. The standard InChI is InChI=1S/C9H12/c1-2-3-6-9-7-4-5-8-9/h2-5,7H,6,8H2,1H3. The lowest BCUT2D eigenvalue weighted by Gasteiger charge is -1.91. The Hall–Kier alpha value is -0.780. The summed E-state index contributed by atoms with van der Waals surface area (Å²) in [5.41, 5.74) is 1.52. The van der Waals surface area contributed by atoms with Crippen molar-refractivity contribution >= 4 is 0 Å². The van der Waals surface area contributed by atoms with Crippen LogP contribution in [0, 0.1) is 0 Å². The summed E-state index contributed by atoms with van der Waals surface area (Å²) in [4.78, 5) is 0. The molecule has 1 rings (SSSR count). The van der Waals surface area contributed by atoms with Gasteiger partial charge in [-0.25, -0.2) is 0 Å². The van der Waals surface area contributed by atoms with Crippen molar-refractivity contribution in [3.8, 4) is 0 Å². The van der Waals surface area contributed by atoms with Crippen molar-refractivity contribution in [2.24, 2.45) is 0 Å². The zero-order valence-corrected chi connectivity index (χ0v) is 5.80. The lowest BCUT2D eigenvalue weighted by molar-refractivity contribution is 1.13. The van der Waals surface area contributed by atoms with Gasteiger partial charge in [-0.1, -0.05) is 36.0 Å². The van der Waals surface area contributed by atoms with Crippen molar-refractivity contribution in [3.63, 3.8) is 0 Å². The molecule has 0 aromatic heterocycles. The minimum absolute atomic E-state index is 1.13. The summed E-state index contributed by atoms with van der Waals surface area (Å²) >= 11 is 0. The number of hydrogen-bond donors (Lipinski definition) is 0. The van der Waals surface area contributed by atoms with E-state index < -0.39 is 0 Å². The molecule has 0 N–H and O–H groups in total. The molecular formula is C9H12. The molecular weight excluding hydrogens is 108 g/mol. The first-order chi connectivity index (χ1) is 4.43. The van der Waals surface area contributed by atoms with E-state index in [1.54, 1.807) is 0 Å². The van der Waals surface area contributed by atoms with Crippen molar-refractivity contribution < 1.29 is 0 Å². The summed E-state index contributed by atoms with van der Waals surface area (Å²) in [6.07, 6.45) is 13.1. The Morgan fingerprint density at radius 3 is 3.11 bits per heavy atom. The molecule has 1 aliphatic carbocycles. The van der Waals surface area contributed by atoms with Crippen LogP contribution in [0.3, 0.4) is 0 Å². The van der Waals surface area contributed by atoms with Gasteiger partial charge in [-0.2, -0.15) is 0 Å². The molecule has 0 heteroatoms. The predicted octanol–water partition coefficient (Wildman–Crippen LogP) is 2.84. The molecule has 0 aromatic carbocycles. The molecule has 0 unspecified atom stereocenters. The largest absolute Gasteiger partial charge is 0.0913 e. The van der Waals surface area contributed by atoms with E-state index in [2.05, 4.69) is 37.3 Å². The first-order valence-corrected chi connectivity index (χ1v) is 3.39. The van der Waals surface area contributed by atoms with Gasteiger partial charge in [0.05, 0.1) is 0 Å². The highest BCUT2D eigenvalue weighted by Crippen LogP contribution is 2.13. The lowest BCUT2D eigenvalue weighted by Crippen LogP contribution is -1.71. The highest BCUT2D eigenvalue weighted by Gasteiger charge is 1.93. The van der Waals surface area contributed by atoms with Gasteiger partial charge in [0.25, 0.3) is 0 Å². The van der Waals surface area contributed by atoms with Crippen LogP contribution in [0.2, 0.25) is 0 Å². The predicted molar refractivity (Wildman–Crippen MR) is 41.3 cm³/mol. The number of rotatable bonds is 2. The van der Waals surface area contributed by atoms with E-state index in [4.69, 9.17) is 0 Å². The summed E-state index contributed by atoms with van der Waals surface area (Å²) in [7, 11) is 0. The average Bonchev–Trinajstić information content (AvgIpc) is 2.34. The fourth-order valence-corrected chi connectivity index (χ4v) is 0.912. The van der Waals surface area contributed by atoms with Crippen LogP contribution in [0.4, 0.5) is 0 Å². The normalized spacial score (nSPS) is 17.2. The van der Waals surface area contributed by atoms with Crippen molar-refractivity contribution in [1.29, 1.82) is 0 Å². The van der Waals surface area contributed by atoms with E-state index >= 15 is 0 Å². The van der Waals surface area contributed by atoms with Crippen LogP contribution in [0.15, 0.2) is 36.0 Å². The fourth-order valence-electron chi connectivity index (χ4n) is 0.912. The summed E-state index contributed by atoms with van der Waals surface area (Å²) < 4.78 is 0. The third-order valence-corrected chi connectivity index (χ3v) is 1.46. The lowest BCUT2D eigenvalue weighted by atomic mass is 10.1. The molecule has 0 aliphatic heterocycles. The van der Waals surface area contributed by atoms with Crippen LogP contribution in [0.25, 0.3) is 0 Å². The third kappa shape index (κ3) is 1.88. The Morgan fingerprint density at radius 1 is 1.67 bits per heavy atom. The van der Waals surface area contributed by atoms with Crippen molar-refractivity contribution in [2.75, 3.05) is 0 Å². The first kappa shape index (κ1) is 6.34. The third-order valence-electron chi connectivity index (χ3n) is 1.46. The molecule has 0 amide bonds. The Labute approximate surface area is 56.6 Å². The second-order valence-corrected chi connectivity index (χ2v) is 2.23. The molecule has 0 saturated heterocycles. The van der Waals surface area contributed by atoms with Crippen LogP contribution >= 0.6 is 0 Å². The molecule has 48 valence electrons. The smallest absolute Gasteiger partial charge is 0.0129 e. The Bertz CT molecular complexity index is 159. The first-order valence-electron chi connectivity index (χ1n) is 3.39. The Kier molecular flexibility index (Phi) is 2.32. The summed E-state index contributed by atoms with van der Waals surface area (Å²) in [6, 6.07) is 0. The van der Waals surface area contributed by atoms with Crippen LogP contribution in [0.1, 0.15) is 19.8 Å². The van der Waals surface area contributed by atoms with Crippen molar-refractivity contribution in [1.82, 2.24) is 0 Å². The summed E-state index contributed by atoms with van der Waals surface area (Å²) in [5.74, 6) is 0. The SMILES string of the molecule is CC=CCC1=CC=CC1. The molecule has 0 nitrogen and oxygen atoms in total. The molecule has 9 heavy (non-hydrogen) atoms. The maximum Gasteiger partial charge on any atom is -0.0129 e. The summed E-state index contributed by atoms with van der Waals surface area (Å²) in [6.45, 7) is 2.06. The van der Waals surface area contributed by atoms with Gasteiger partial charge in [0, 0.05) is 0 Å². The Morgan fingerprint density at radius 2 is 2.56 bits per heavy atom. The van der Waals surface area contributed by atoms with Crippen molar-refractivity contribution in [3.05, 3.63) is 36.0 Å². The summed E-state index contributed by atoms with van der Waals surface area (Å²) in [5, 5.41) is 0. The van der Waals surface area contributed by atoms with Crippen LogP contribution in [-0.4, -0.2) is 0 Å². The van der Waals surface area contributed by atoms with Gasteiger partial charge in [-0.3, -0.25) is 0 Å². The maximum atomic E-state index is 2.19. The molecule has 0 radical (unpaired) electrons. The van der Waals surface area contributed by atoms with Gasteiger partial charge in [0.1, 0.15) is 0 Å². The maximum absolute atomic E-state index is 2.19. The highest BCUT2D eigenvalue weighted by molar-refractivity contribution is 5.24. The number of hydrogen-bond acceptors (Lipinski definition) is 0. The van der Waals surface area contributed by atoms with Gasteiger partial charge in [0.2, 0.25) is 0 Å². The van der Waals surface area contributed by atoms with Gasteiger partial charge in [-0.15, -0.1) is 0 Å². The van der Waals surface area contributed by atoms with Crippen LogP contribution in [0.5, 0.6) is 0 Å². The highest BCUT2D eigenvalue weighted by atomic mass is 14.0. The molecule has 0 heterocycles. The average molecular weight is 120 g/mol. The topological polar surface area (TPSA) is 0 Å². The second kappa shape index (κ2) is 3.29. The number of allylic oxidation sites excluding steroid dienone is 6. The molecule has 1 aliphatic rings. The monoisotopic (exact) mass is 120 g/mol. The zero-order chi connectivity index (χ0) is 6.53. The molecule has 0 spiro atoms. The molecule has 0 bridgehead atoms. The van der Waals surface area contributed by atoms with E-state index in [-0.39, 0.29) is 0 Å². The molecule has 0 fully saturated rings. The van der Waals surface area contributed by atoms with E-state index in [0.717, 1.165) is 12.8 Å². The second-order valence-electron chi connectivity index (χ2n) is 2.23. The zero-order valence-electron chi connectivity index (χ0n) is 5.80.